The average molecular weight is 354 g/mol. The van der Waals surface area contributed by atoms with Gasteiger partial charge in [-0.1, -0.05) is 30.3 Å². The Morgan fingerprint density at radius 3 is 2.42 bits per heavy atom. The van der Waals surface area contributed by atoms with E-state index in [-0.39, 0.29) is 29.0 Å². The first kappa shape index (κ1) is 17.6. The Bertz CT molecular complexity index is 833. The molecule has 2 unspecified atom stereocenters. The Balaban J connectivity index is 1.89. The van der Waals surface area contributed by atoms with E-state index in [0.29, 0.717) is 6.54 Å². The van der Waals surface area contributed by atoms with Crippen LogP contribution in [0.3, 0.4) is 0 Å². The van der Waals surface area contributed by atoms with Crippen LogP contribution in [0, 0.1) is 10.1 Å². The van der Waals surface area contributed by atoms with Crippen LogP contribution in [0.2, 0.25) is 0 Å². The van der Waals surface area contributed by atoms with Gasteiger partial charge in [0.1, 0.15) is 0 Å². The van der Waals surface area contributed by atoms with Crippen LogP contribution in [0.4, 0.5) is 5.69 Å². The lowest BCUT2D eigenvalue weighted by atomic mass is 9.97. The van der Waals surface area contributed by atoms with Gasteiger partial charge < -0.3 is 10.0 Å². The van der Waals surface area contributed by atoms with E-state index in [4.69, 9.17) is 5.11 Å². The van der Waals surface area contributed by atoms with Crippen LogP contribution in [0.5, 0.6) is 0 Å². The van der Waals surface area contributed by atoms with E-state index in [1.807, 2.05) is 37.3 Å². The van der Waals surface area contributed by atoms with Crippen LogP contribution < -0.4 is 0 Å². The van der Waals surface area contributed by atoms with Gasteiger partial charge in [0.2, 0.25) is 0 Å². The second-order valence-electron chi connectivity index (χ2n) is 6.48. The molecule has 7 heteroatoms. The highest BCUT2D eigenvalue weighted by Gasteiger charge is 2.34. The number of nitro groups is 1. The van der Waals surface area contributed by atoms with Gasteiger partial charge in [0.25, 0.3) is 11.6 Å². The Kier molecular flexibility index (Phi) is 4.71. The average Bonchev–Trinajstić information content (AvgIpc) is 3.03. The third-order valence-corrected chi connectivity index (χ3v) is 4.73. The molecule has 7 nitrogen and oxygen atoms in total. The van der Waals surface area contributed by atoms with E-state index in [1.165, 1.54) is 6.07 Å². The minimum atomic E-state index is -1.31. The van der Waals surface area contributed by atoms with E-state index in [1.54, 1.807) is 4.90 Å². The number of aromatic carboxylic acids is 1. The smallest absolute Gasteiger partial charge is 0.335 e. The zero-order chi connectivity index (χ0) is 18.8. The zero-order valence-electron chi connectivity index (χ0n) is 14.2. The molecular formula is C19H18N2O5. The van der Waals surface area contributed by atoms with Crippen molar-refractivity contribution in [3.05, 3.63) is 75.3 Å². The summed E-state index contributed by atoms with van der Waals surface area (Å²) in [6, 6.07) is 13.1. The first-order chi connectivity index (χ1) is 12.4. The van der Waals surface area contributed by atoms with Gasteiger partial charge in [0, 0.05) is 36.2 Å². The van der Waals surface area contributed by atoms with Gasteiger partial charge in [-0.25, -0.2) is 4.79 Å². The molecule has 1 saturated heterocycles. The van der Waals surface area contributed by atoms with E-state index in [0.717, 1.165) is 24.1 Å². The number of likely N-dealkylation sites (tertiary alicyclic amines) is 1. The number of nitrogens with zero attached hydrogens (tertiary/aromatic N) is 2. The molecule has 1 N–H and O–H groups in total. The highest BCUT2D eigenvalue weighted by atomic mass is 16.6. The van der Waals surface area contributed by atoms with E-state index in [9.17, 15) is 19.7 Å². The SMILES string of the molecule is CC1CC(c2ccccc2)CN1C(=O)c1cc(C(=O)O)cc([N+](=O)[O-])c1. The molecule has 0 aliphatic carbocycles. The number of benzene rings is 2. The minimum Gasteiger partial charge on any atom is -0.478 e. The van der Waals surface area contributed by atoms with Crippen molar-refractivity contribution >= 4 is 17.6 Å². The fraction of sp³-hybridized carbons (Fsp3) is 0.263. The van der Waals surface area contributed by atoms with Crippen LogP contribution in [-0.4, -0.2) is 39.4 Å². The Labute approximate surface area is 150 Å². The minimum absolute atomic E-state index is 0.0251. The number of carboxylic acid groups (broad SMARTS) is 1. The summed E-state index contributed by atoms with van der Waals surface area (Å²) in [5, 5.41) is 20.2. The molecule has 2 atom stereocenters. The molecule has 0 saturated carbocycles. The van der Waals surface area contributed by atoms with Crippen molar-refractivity contribution in [2.45, 2.75) is 25.3 Å². The Hall–Kier alpha value is -3.22. The van der Waals surface area contributed by atoms with Crippen LogP contribution in [-0.2, 0) is 0 Å². The molecule has 1 aliphatic heterocycles. The molecule has 2 aromatic carbocycles. The summed E-state index contributed by atoms with van der Waals surface area (Å²) in [6.07, 6.45) is 0.788. The fourth-order valence-corrected chi connectivity index (χ4v) is 3.41. The maximum atomic E-state index is 12.9. The van der Waals surface area contributed by atoms with Crippen LogP contribution >= 0.6 is 0 Å². The molecule has 134 valence electrons. The number of non-ortho nitro benzene ring substituents is 1. The standard InChI is InChI=1S/C19H18N2O5/c1-12-7-16(13-5-3-2-4-6-13)11-20(12)18(22)14-8-15(19(23)24)10-17(9-14)21(25)26/h2-6,8-10,12,16H,7,11H2,1H3,(H,23,24). The third kappa shape index (κ3) is 3.42. The monoisotopic (exact) mass is 354 g/mol. The quantitative estimate of drug-likeness (QED) is 0.670. The molecular weight excluding hydrogens is 336 g/mol. The van der Waals surface area contributed by atoms with Gasteiger partial charge in [0.05, 0.1) is 10.5 Å². The van der Waals surface area contributed by atoms with Crippen LogP contribution in [0.25, 0.3) is 0 Å². The number of hydrogen-bond donors (Lipinski definition) is 1. The molecule has 0 radical (unpaired) electrons. The summed E-state index contributed by atoms with van der Waals surface area (Å²) in [7, 11) is 0. The number of carbonyl (C=O) groups is 2. The highest BCUT2D eigenvalue weighted by Crippen LogP contribution is 2.33. The number of rotatable bonds is 4. The molecule has 2 aromatic rings. The summed E-state index contributed by atoms with van der Waals surface area (Å²) < 4.78 is 0. The fourth-order valence-electron chi connectivity index (χ4n) is 3.41. The van der Waals surface area contributed by atoms with Crippen molar-refractivity contribution in [1.29, 1.82) is 0 Å². The van der Waals surface area contributed by atoms with Crippen molar-refractivity contribution in [2.75, 3.05) is 6.54 Å². The number of carboxylic acids is 1. The van der Waals surface area contributed by atoms with Gasteiger partial charge in [-0.2, -0.15) is 0 Å². The molecule has 0 bridgehead atoms. The molecule has 0 spiro atoms. The molecule has 1 aliphatic rings. The molecule has 26 heavy (non-hydrogen) atoms. The van der Waals surface area contributed by atoms with Crippen molar-refractivity contribution in [3.63, 3.8) is 0 Å². The van der Waals surface area contributed by atoms with Crippen LogP contribution in [0.15, 0.2) is 48.5 Å². The summed E-state index contributed by atoms with van der Waals surface area (Å²) >= 11 is 0. The van der Waals surface area contributed by atoms with Crippen molar-refractivity contribution < 1.29 is 19.6 Å². The topological polar surface area (TPSA) is 101 Å². The molecule has 1 heterocycles. The lowest BCUT2D eigenvalue weighted by Crippen LogP contribution is -2.34. The van der Waals surface area contributed by atoms with E-state index >= 15 is 0 Å². The van der Waals surface area contributed by atoms with Gasteiger partial charge >= 0.3 is 5.97 Å². The predicted octanol–water partition coefficient (Wildman–Crippen LogP) is 3.31. The first-order valence-corrected chi connectivity index (χ1v) is 8.25. The van der Waals surface area contributed by atoms with E-state index < -0.39 is 16.6 Å². The normalized spacial score (nSPS) is 19.3. The summed E-state index contributed by atoms with van der Waals surface area (Å²) in [6.45, 7) is 2.42. The van der Waals surface area contributed by atoms with Gasteiger partial charge in [-0.05, 0) is 25.0 Å². The molecule has 3 rings (SSSR count). The largest absolute Gasteiger partial charge is 0.478 e. The van der Waals surface area contributed by atoms with Gasteiger partial charge in [-0.15, -0.1) is 0 Å². The molecule has 0 aromatic heterocycles. The summed E-state index contributed by atoms with van der Waals surface area (Å²) in [5.41, 5.74) is 0.491. The van der Waals surface area contributed by atoms with Gasteiger partial charge in [0.15, 0.2) is 0 Å². The highest BCUT2D eigenvalue weighted by molar-refractivity contribution is 5.98. The lowest BCUT2D eigenvalue weighted by Gasteiger charge is -2.21. The van der Waals surface area contributed by atoms with Crippen LogP contribution in [0.1, 0.15) is 45.5 Å². The summed E-state index contributed by atoms with van der Waals surface area (Å²) in [4.78, 5) is 36.1. The number of hydrogen-bond acceptors (Lipinski definition) is 4. The maximum absolute atomic E-state index is 12.9. The second-order valence-corrected chi connectivity index (χ2v) is 6.48. The first-order valence-electron chi connectivity index (χ1n) is 8.25. The second kappa shape index (κ2) is 6.95. The number of amides is 1. The van der Waals surface area contributed by atoms with Crippen molar-refractivity contribution in [1.82, 2.24) is 4.90 Å². The van der Waals surface area contributed by atoms with Crippen molar-refractivity contribution in [2.24, 2.45) is 0 Å². The van der Waals surface area contributed by atoms with E-state index in [2.05, 4.69) is 0 Å². The third-order valence-electron chi connectivity index (χ3n) is 4.73. The van der Waals surface area contributed by atoms with Gasteiger partial charge in [-0.3, -0.25) is 14.9 Å². The molecule has 1 fully saturated rings. The number of carbonyl (C=O) groups excluding carboxylic acids is 1. The maximum Gasteiger partial charge on any atom is 0.335 e. The molecule has 1 amide bonds. The Morgan fingerprint density at radius 1 is 1.15 bits per heavy atom. The van der Waals surface area contributed by atoms with Crippen molar-refractivity contribution in [3.8, 4) is 0 Å². The number of nitro benzene ring substituents is 1. The zero-order valence-corrected chi connectivity index (χ0v) is 14.2. The summed E-state index contributed by atoms with van der Waals surface area (Å²) in [5.74, 6) is -1.51. The lowest BCUT2D eigenvalue weighted by molar-refractivity contribution is -0.384. The Morgan fingerprint density at radius 2 is 1.81 bits per heavy atom. The predicted molar refractivity (Wildman–Crippen MR) is 94.4 cm³/mol.